The summed E-state index contributed by atoms with van der Waals surface area (Å²) in [6.45, 7) is 13.3. The molecule has 0 saturated heterocycles. The number of Topliss-reactive ketones (excluding diaryl/α,β-unsaturated/α-hetero) is 1. The first-order valence-electron chi connectivity index (χ1n) is 7.41. The van der Waals surface area contributed by atoms with Crippen LogP contribution in [0.3, 0.4) is 0 Å². The van der Waals surface area contributed by atoms with Gasteiger partial charge in [-0.15, -0.1) is 0 Å². The minimum Gasteiger partial charge on any atom is -0.479 e. The molecule has 0 spiro atoms. The number of ether oxygens (including phenoxy) is 2. The molecule has 128 valence electrons. The lowest BCUT2D eigenvalue weighted by Gasteiger charge is -2.30. The first kappa shape index (κ1) is 21.4. The van der Waals surface area contributed by atoms with Crippen molar-refractivity contribution in [3.8, 4) is 0 Å². The van der Waals surface area contributed by atoms with Crippen LogP contribution in [0.5, 0.6) is 0 Å². The van der Waals surface area contributed by atoms with Gasteiger partial charge in [-0.1, -0.05) is 13.8 Å². The standard InChI is InChI=1S/C16H28O4S2/c1-8-19-14(21)22-12(20-13(18)15(3,4)5)10-16(6,7)9-11(2)17/h12H,8-10H2,1-7H3. The van der Waals surface area contributed by atoms with Gasteiger partial charge in [0.05, 0.1) is 12.0 Å². The van der Waals surface area contributed by atoms with E-state index in [9.17, 15) is 9.59 Å². The molecule has 0 fully saturated rings. The maximum atomic E-state index is 12.1. The summed E-state index contributed by atoms with van der Waals surface area (Å²) >= 11 is 6.36. The van der Waals surface area contributed by atoms with Gasteiger partial charge in [-0.25, -0.2) is 0 Å². The molecule has 4 nitrogen and oxygen atoms in total. The molecule has 0 heterocycles. The zero-order valence-corrected chi connectivity index (χ0v) is 16.3. The summed E-state index contributed by atoms with van der Waals surface area (Å²) < 4.78 is 11.2. The fourth-order valence-corrected chi connectivity index (χ4v) is 3.37. The molecule has 0 amide bonds. The van der Waals surface area contributed by atoms with E-state index in [-0.39, 0.29) is 17.2 Å². The molecule has 0 aromatic carbocycles. The van der Waals surface area contributed by atoms with E-state index < -0.39 is 10.9 Å². The van der Waals surface area contributed by atoms with Crippen molar-refractivity contribution in [3.05, 3.63) is 0 Å². The molecule has 0 radical (unpaired) electrons. The summed E-state index contributed by atoms with van der Waals surface area (Å²) in [5, 5.41) is 0. The number of hydrogen-bond acceptors (Lipinski definition) is 6. The average Bonchev–Trinajstić information content (AvgIpc) is 2.24. The second-order valence-electron chi connectivity index (χ2n) is 7.13. The van der Waals surface area contributed by atoms with Crippen molar-refractivity contribution in [1.29, 1.82) is 0 Å². The number of rotatable bonds is 7. The van der Waals surface area contributed by atoms with Crippen LogP contribution in [0.1, 0.15) is 61.3 Å². The zero-order valence-electron chi connectivity index (χ0n) is 14.6. The molecular weight excluding hydrogens is 320 g/mol. The number of thiocarbonyl (C=S) groups is 1. The Labute approximate surface area is 143 Å². The van der Waals surface area contributed by atoms with Crippen LogP contribution in [0.25, 0.3) is 0 Å². The zero-order chi connectivity index (χ0) is 17.6. The van der Waals surface area contributed by atoms with E-state index >= 15 is 0 Å². The highest BCUT2D eigenvalue weighted by Crippen LogP contribution is 2.34. The van der Waals surface area contributed by atoms with Gasteiger partial charge in [0, 0.05) is 12.8 Å². The van der Waals surface area contributed by atoms with Crippen LogP contribution in [-0.2, 0) is 19.1 Å². The highest BCUT2D eigenvalue weighted by atomic mass is 32.2. The number of hydrogen-bond donors (Lipinski definition) is 0. The molecule has 1 atom stereocenters. The van der Waals surface area contributed by atoms with Crippen molar-refractivity contribution in [2.45, 2.75) is 66.7 Å². The van der Waals surface area contributed by atoms with E-state index in [4.69, 9.17) is 21.7 Å². The van der Waals surface area contributed by atoms with Gasteiger partial charge in [0.1, 0.15) is 5.78 Å². The third kappa shape index (κ3) is 9.41. The first-order chi connectivity index (χ1) is 9.87. The normalized spacial score (nSPS) is 13.4. The van der Waals surface area contributed by atoms with E-state index in [1.165, 1.54) is 11.8 Å². The smallest absolute Gasteiger partial charge is 0.312 e. The molecule has 0 aliphatic rings. The lowest BCUT2D eigenvalue weighted by atomic mass is 9.84. The van der Waals surface area contributed by atoms with Crippen LogP contribution < -0.4 is 0 Å². The number of thioether (sulfide) groups is 1. The number of ketones is 1. The molecule has 1 unspecified atom stereocenters. The number of carbonyl (C=O) groups excluding carboxylic acids is 2. The number of esters is 1. The van der Waals surface area contributed by atoms with Crippen molar-refractivity contribution in [1.82, 2.24) is 0 Å². The van der Waals surface area contributed by atoms with Crippen LogP contribution in [0.15, 0.2) is 0 Å². The lowest BCUT2D eigenvalue weighted by molar-refractivity contribution is -0.155. The molecule has 0 rings (SSSR count). The summed E-state index contributed by atoms with van der Waals surface area (Å²) in [5.74, 6) is -0.175. The van der Waals surface area contributed by atoms with E-state index in [1.807, 2.05) is 20.8 Å². The Kier molecular flexibility index (Phi) is 8.62. The van der Waals surface area contributed by atoms with Gasteiger partial charge in [0.2, 0.25) is 4.38 Å². The summed E-state index contributed by atoms with van der Waals surface area (Å²) in [6, 6.07) is 0. The maximum Gasteiger partial charge on any atom is 0.312 e. The van der Waals surface area contributed by atoms with Gasteiger partial charge in [-0.05, 0) is 64.0 Å². The van der Waals surface area contributed by atoms with Crippen molar-refractivity contribution in [2.24, 2.45) is 10.8 Å². The van der Waals surface area contributed by atoms with E-state index in [2.05, 4.69) is 0 Å². The Hall–Kier alpha value is -0.620. The summed E-state index contributed by atoms with van der Waals surface area (Å²) in [4.78, 5) is 23.5. The van der Waals surface area contributed by atoms with Crippen molar-refractivity contribution < 1.29 is 19.1 Å². The fraction of sp³-hybridized carbons (Fsp3) is 0.812. The Morgan fingerprint density at radius 1 is 1.18 bits per heavy atom. The van der Waals surface area contributed by atoms with E-state index in [0.29, 0.717) is 23.8 Å². The second kappa shape index (κ2) is 8.87. The third-order valence-electron chi connectivity index (χ3n) is 2.79. The summed E-state index contributed by atoms with van der Waals surface area (Å²) in [7, 11) is 0. The molecule has 0 aromatic rings. The predicted octanol–water partition coefficient (Wildman–Crippen LogP) is 4.35. The van der Waals surface area contributed by atoms with Crippen molar-refractivity contribution in [3.63, 3.8) is 0 Å². The van der Waals surface area contributed by atoms with Gasteiger partial charge in [-0.2, -0.15) is 0 Å². The molecule has 0 bridgehead atoms. The number of carbonyl (C=O) groups is 2. The second-order valence-corrected chi connectivity index (χ2v) is 8.89. The Balaban J connectivity index is 4.96. The molecule has 0 aliphatic heterocycles. The largest absolute Gasteiger partial charge is 0.479 e. The minimum atomic E-state index is -0.587. The Morgan fingerprint density at radius 2 is 1.73 bits per heavy atom. The molecule has 0 aliphatic carbocycles. The Bertz CT molecular complexity index is 411. The van der Waals surface area contributed by atoms with Crippen molar-refractivity contribution >= 4 is 40.1 Å². The van der Waals surface area contributed by atoms with Gasteiger partial charge in [0.15, 0.2) is 5.44 Å². The van der Waals surface area contributed by atoms with Crippen LogP contribution >= 0.6 is 24.0 Å². The van der Waals surface area contributed by atoms with Gasteiger partial charge in [-0.3, -0.25) is 4.79 Å². The SMILES string of the molecule is CCOC(=S)SC(CC(C)(C)CC(C)=O)OC(=O)C(C)(C)C. The highest BCUT2D eigenvalue weighted by molar-refractivity contribution is 8.22. The van der Waals surface area contributed by atoms with Gasteiger partial charge in [0.25, 0.3) is 0 Å². The summed E-state index contributed by atoms with van der Waals surface area (Å²) in [6.07, 6.45) is 0.963. The highest BCUT2D eigenvalue weighted by Gasteiger charge is 2.32. The third-order valence-corrected chi connectivity index (χ3v) is 4.03. The quantitative estimate of drug-likeness (QED) is 0.387. The molecule has 22 heavy (non-hydrogen) atoms. The minimum absolute atomic E-state index is 0.114. The van der Waals surface area contributed by atoms with Crippen LogP contribution in [-0.4, -0.2) is 28.2 Å². The van der Waals surface area contributed by atoms with Crippen LogP contribution in [0.4, 0.5) is 0 Å². The Morgan fingerprint density at radius 3 is 2.14 bits per heavy atom. The van der Waals surface area contributed by atoms with Crippen molar-refractivity contribution in [2.75, 3.05) is 6.61 Å². The van der Waals surface area contributed by atoms with Crippen LogP contribution in [0, 0.1) is 10.8 Å². The molecule has 0 N–H and O–H groups in total. The monoisotopic (exact) mass is 348 g/mol. The molecule has 6 heteroatoms. The topological polar surface area (TPSA) is 52.6 Å². The molecule has 0 saturated carbocycles. The molecule has 0 aromatic heterocycles. The van der Waals surface area contributed by atoms with Crippen LogP contribution in [0.2, 0.25) is 0 Å². The molecular formula is C16H28O4S2. The van der Waals surface area contributed by atoms with Gasteiger partial charge >= 0.3 is 5.97 Å². The lowest BCUT2D eigenvalue weighted by Crippen LogP contribution is -2.31. The predicted molar refractivity (Wildman–Crippen MR) is 94.8 cm³/mol. The first-order valence-corrected chi connectivity index (χ1v) is 8.70. The summed E-state index contributed by atoms with van der Waals surface area (Å²) in [5.41, 5.74) is -1.32. The van der Waals surface area contributed by atoms with E-state index in [1.54, 1.807) is 27.7 Å². The maximum absolute atomic E-state index is 12.1. The fourth-order valence-electron chi connectivity index (χ4n) is 1.86. The van der Waals surface area contributed by atoms with E-state index in [0.717, 1.165) is 0 Å². The average molecular weight is 349 g/mol. The van der Waals surface area contributed by atoms with Gasteiger partial charge < -0.3 is 14.3 Å².